The monoisotopic (exact) mass is 516 g/mol. The minimum atomic E-state index is -0.891. The van der Waals surface area contributed by atoms with Crippen molar-refractivity contribution in [3.63, 3.8) is 0 Å². The average molecular weight is 517 g/mol. The summed E-state index contributed by atoms with van der Waals surface area (Å²) in [6, 6.07) is 12.7. The normalized spacial score (nSPS) is 15.4. The molecular formula is C30H28F2N3O3. The van der Waals surface area contributed by atoms with Crippen LogP contribution in [-0.4, -0.2) is 27.5 Å². The van der Waals surface area contributed by atoms with Crippen LogP contribution in [0.3, 0.4) is 0 Å². The number of primary amides is 1. The van der Waals surface area contributed by atoms with Gasteiger partial charge >= 0.3 is 0 Å². The fourth-order valence-corrected chi connectivity index (χ4v) is 5.44. The van der Waals surface area contributed by atoms with Crippen LogP contribution in [0.4, 0.5) is 14.5 Å². The third-order valence-corrected chi connectivity index (χ3v) is 7.53. The number of carbonyl (C=O) groups is 2. The van der Waals surface area contributed by atoms with E-state index >= 15 is 4.39 Å². The molecule has 0 saturated carbocycles. The molecule has 4 aromatic rings. The number of amides is 2. The maximum atomic E-state index is 15.8. The lowest BCUT2D eigenvalue weighted by Gasteiger charge is -2.32. The summed E-state index contributed by atoms with van der Waals surface area (Å²) in [6.45, 7) is 5.31. The first kappa shape index (κ1) is 25.6. The number of rotatable bonds is 5. The Balaban J connectivity index is 1.66. The van der Waals surface area contributed by atoms with Crippen molar-refractivity contribution in [3.05, 3.63) is 88.1 Å². The molecule has 1 heterocycles. The highest BCUT2D eigenvalue weighted by Crippen LogP contribution is 2.43. The molecule has 38 heavy (non-hydrogen) atoms. The number of H-pyrrole nitrogens is 1. The predicted molar refractivity (Wildman–Crippen MR) is 142 cm³/mol. The van der Waals surface area contributed by atoms with E-state index in [1.165, 1.54) is 18.2 Å². The number of aromatic nitrogens is 1. The van der Waals surface area contributed by atoms with Gasteiger partial charge in [0.25, 0.3) is 11.8 Å². The molecule has 5 N–H and O–H groups in total. The molecule has 8 heteroatoms. The molecule has 0 spiro atoms. The van der Waals surface area contributed by atoms with Crippen molar-refractivity contribution >= 4 is 28.4 Å². The van der Waals surface area contributed by atoms with E-state index in [4.69, 9.17) is 5.73 Å². The molecule has 0 bridgehead atoms. The second-order valence-corrected chi connectivity index (χ2v) is 10.4. The molecule has 2 amide bonds. The van der Waals surface area contributed by atoms with Crippen LogP contribution >= 0.6 is 0 Å². The first-order chi connectivity index (χ1) is 18.0. The number of halogens is 2. The number of carbonyl (C=O) groups excluding carboxylic acids is 2. The zero-order valence-electron chi connectivity index (χ0n) is 21.3. The highest BCUT2D eigenvalue weighted by molar-refractivity contribution is 6.12. The van der Waals surface area contributed by atoms with E-state index in [0.717, 1.165) is 17.3 Å². The summed E-state index contributed by atoms with van der Waals surface area (Å²) < 4.78 is 29.4. The van der Waals surface area contributed by atoms with Crippen LogP contribution in [0, 0.1) is 30.5 Å². The lowest BCUT2D eigenvalue weighted by molar-refractivity contribution is 0.0107. The van der Waals surface area contributed by atoms with Crippen LogP contribution < -0.4 is 11.1 Å². The summed E-state index contributed by atoms with van der Waals surface area (Å²) in [4.78, 5) is 28.3. The highest BCUT2D eigenvalue weighted by Gasteiger charge is 2.34. The number of fused-ring (bicyclic) bond motifs is 3. The molecule has 5 rings (SSSR count). The Labute approximate surface area is 218 Å². The van der Waals surface area contributed by atoms with Crippen LogP contribution in [-0.2, 0) is 12.8 Å². The molecule has 6 nitrogen and oxygen atoms in total. The summed E-state index contributed by atoms with van der Waals surface area (Å²) in [6.07, 6.45) is 1.83. The maximum Gasteiger partial charge on any atom is 0.256 e. The molecule has 0 saturated heterocycles. The predicted octanol–water partition coefficient (Wildman–Crippen LogP) is 5.45. The summed E-state index contributed by atoms with van der Waals surface area (Å²) in [5.74, 6) is -2.56. The summed E-state index contributed by atoms with van der Waals surface area (Å²) >= 11 is 0. The van der Waals surface area contributed by atoms with Crippen molar-refractivity contribution in [1.82, 2.24) is 4.98 Å². The Morgan fingerprint density at radius 2 is 1.92 bits per heavy atom. The molecule has 3 aromatic carbocycles. The van der Waals surface area contributed by atoms with Crippen molar-refractivity contribution in [1.29, 1.82) is 0 Å². The third kappa shape index (κ3) is 4.45. The van der Waals surface area contributed by atoms with Gasteiger partial charge in [0.05, 0.1) is 22.2 Å². The smallest absolute Gasteiger partial charge is 0.256 e. The Bertz CT molecular complexity index is 1600. The van der Waals surface area contributed by atoms with E-state index in [2.05, 4.69) is 16.4 Å². The van der Waals surface area contributed by atoms with E-state index in [-0.39, 0.29) is 17.0 Å². The number of nitrogens with two attached hydrogens (primary N) is 1. The first-order valence-corrected chi connectivity index (χ1v) is 12.4. The maximum absolute atomic E-state index is 15.8. The number of hydrogen-bond acceptors (Lipinski definition) is 3. The summed E-state index contributed by atoms with van der Waals surface area (Å²) in [5.41, 5.74) is 8.89. The number of anilines is 1. The van der Waals surface area contributed by atoms with E-state index in [1.54, 1.807) is 39.0 Å². The van der Waals surface area contributed by atoms with E-state index in [1.807, 2.05) is 0 Å². The van der Waals surface area contributed by atoms with Crippen molar-refractivity contribution in [2.24, 2.45) is 11.7 Å². The zero-order chi connectivity index (χ0) is 27.4. The van der Waals surface area contributed by atoms with Gasteiger partial charge in [0, 0.05) is 28.4 Å². The Morgan fingerprint density at radius 1 is 1.18 bits per heavy atom. The van der Waals surface area contributed by atoms with Crippen molar-refractivity contribution < 1.29 is 23.5 Å². The van der Waals surface area contributed by atoms with Crippen LogP contribution in [0.2, 0.25) is 0 Å². The number of aliphatic hydroxyl groups is 1. The number of nitrogens with one attached hydrogen (secondary N) is 2. The molecule has 1 aliphatic carbocycles. The van der Waals surface area contributed by atoms with Crippen LogP contribution in [0.5, 0.6) is 0 Å². The van der Waals surface area contributed by atoms with Crippen LogP contribution in [0.1, 0.15) is 57.8 Å². The fraction of sp³-hybridized carbons (Fsp3) is 0.267. The third-order valence-electron chi connectivity index (χ3n) is 7.53. The molecule has 1 atom stereocenters. The Hall–Kier alpha value is -4.04. The lowest BCUT2D eigenvalue weighted by atomic mass is 9.77. The van der Waals surface area contributed by atoms with Crippen molar-refractivity contribution in [2.75, 3.05) is 5.32 Å². The van der Waals surface area contributed by atoms with Gasteiger partial charge in [0.2, 0.25) is 0 Å². The summed E-state index contributed by atoms with van der Waals surface area (Å²) in [5, 5.41) is 13.9. The van der Waals surface area contributed by atoms with Crippen LogP contribution in [0.25, 0.3) is 22.0 Å². The number of aryl methyl sites for hydroxylation is 1. The van der Waals surface area contributed by atoms with Gasteiger partial charge in [0.15, 0.2) is 0 Å². The van der Waals surface area contributed by atoms with Crippen LogP contribution in [0.15, 0.2) is 42.5 Å². The zero-order valence-corrected chi connectivity index (χ0v) is 21.3. The Kier molecular flexibility index (Phi) is 6.31. The summed E-state index contributed by atoms with van der Waals surface area (Å²) in [7, 11) is 0. The highest BCUT2D eigenvalue weighted by atomic mass is 19.1. The second-order valence-electron chi connectivity index (χ2n) is 10.4. The van der Waals surface area contributed by atoms with E-state index in [0.29, 0.717) is 52.5 Å². The molecule has 0 unspecified atom stereocenters. The van der Waals surface area contributed by atoms with Gasteiger partial charge in [-0.05, 0) is 86.9 Å². The van der Waals surface area contributed by atoms with Crippen molar-refractivity contribution in [3.8, 4) is 11.1 Å². The number of benzene rings is 3. The van der Waals surface area contributed by atoms with E-state index < -0.39 is 29.0 Å². The quantitative estimate of drug-likeness (QED) is 0.283. The van der Waals surface area contributed by atoms with Gasteiger partial charge in [-0.25, -0.2) is 8.78 Å². The van der Waals surface area contributed by atoms with E-state index in [9.17, 15) is 19.1 Å². The Morgan fingerprint density at radius 3 is 2.61 bits per heavy atom. The molecule has 0 fully saturated rings. The van der Waals surface area contributed by atoms with Gasteiger partial charge in [-0.1, -0.05) is 18.2 Å². The molecule has 1 radical (unpaired) electrons. The average Bonchev–Trinajstić information content (AvgIpc) is 3.23. The van der Waals surface area contributed by atoms with Gasteiger partial charge in [-0.2, -0.15) is 0 Å². The van der Waals surface area contributed by atoms with Gasteiger partial charge in [-0.3, -0.25) is 9.59 Å². The molecule has 1 aliphatic rings. The fourth-order valence-electron chi connectivity index (χ4n) is 5.44. The van der Waals surface area contributed by atoms with Crippen molar-refractivity contribution in [2.45, 2.75) is 45.6 Å². The largest absolute Gasteiger partial charge is 0.390 e. The second kappa shape index (κ2) is 9.36. The first-order valence-electron chi connectivity index (χ1n) is 12.4. The van der Waals surface area contributed by atoms with Gasteiger partial charge < -0.3 is 21.1 Å². The standard InChI is InChI=1S/C30H28F2N3O3/c1-15-19(8-5-9-23(15)35-29(37)16-6-4-7-18(31)12-16)25-22(32)14-21(28(33)36)27-26(25)20-11-10-17(30(2,3)38)13-24(20)34-27/h4-9,14,17,34,38H,10-11,13H2,1-3H3,(H2,33,36)(H,35,37)/t17-/m0/s1. The topological polar surface area (TPSA) is 108 Å². The molecule has 195 valence electrons. The van der Waals surface area contributed by atoms with Gasteiger partial charge in [0.1, 0.15) is 11.6 Å². The molecule has 1 aromatic heterocycles. The number of aromatic amines is 1. The molecular weight excluding hydrogens is 488 g/mol. The molecule has 0 aliphatic heterocycles. The lowest BCUT2D eigenvalue weighted by Crippen LogP contribution is -2.34. The SMILES string of the molecule is Cc1c(NC(=O)c2[c]c(F)ccc2)cccc1-c1c(F)cc(C(N)=O)c2[nH]c3c(c12)CC[C@H](C(C)(C)O)C3. The number of hydrogen-bond donors (Lipinski definition) is 4. The minimum Gasteiger partial charge on any atom is -0.390 e. The van der Waals surface area contributed by atoms with Gasteiger partial charge in [-0.15, -0.1) is 0 Å². The minimum absolute atomic E-state index is 0.00621.